The highest BCUT2D eigenvalue weighted by molar-refractivity contribution is 4.93. The van der Waals surface area contributed by atoms with Gasteiger partial charge in [-0.2, -0.15) is 0 Å². The fraction of sp³-hybridized carbons (Fsp3) is 1.00. The first-order chi connectivity index (χ1) is 6.11. The molecule has 0 spiro atoms. The van der Waals surface area contributed by atoms with Crippen LogP contribution in [0.15, 0.2) is 0 Å². The number of rotatable bonds is 2. The minimum absolute atomic E-state index is 0.202. The average Bonchev–Trinajstić information content (AvgIpc) is 2.13. The molecule has 0 saturated carbocycles. The monoisotopic (exact) mass is 190 g/mol. The van der Waals surface area contributed by atoms with Crippen LogP contribution >= 0.6 is 0 Å². The van der Waals surface area contributed by atoms with E-state index in [2.05, 4.69) is 0 Å². The SMILES string of the molecule is COC1C(CO)OC(C)C([NH])C1O. The zero-order valence-electron chi connectivity index (χ0n) is 7.80. The van der Waals surface area contributed by atoms with Crippen molar-refractivity contribution < 1.29 is 19.7 Å². The van der Waals surface area contributed by atoms with E-state index >= 15 is 0 Å². The molecule has 5 heteroatoms. The summed E-state index contributed by atoms with van der Waals surface area (Å²) in [7, 11) is 1.43. The number of nitrogens with one attached hydrogen (secondary N) is 1. The zero-order chi connectivity index (χ0) is 10.0. The molecule has 5 nitrogen and oxygen atoms in total. The molecular formula is C8H16NO4. The van der Waals surface area contributed by atoms with Gasteiger partial charge < -0.3 is 19.7 Å². The van der Waals surface area contributed by atoms with E-state index in [0.717, 1.165) is 0 Å². The Kier molecular flexibility index (Phi) is 3.63. The van der Waals surface area contributed by atoms with Gasteiger partial charge in [0.1, 0.15) is 18.3 Å². The van der Waals surface area contributed by atoms with Crippen LogP contribution in [0.25, 0.3) is 0 Å². The van der Waals surface area contributed by atoms with Crippen molar-refractivity contribution in [2.75, 3.05) is 13.7 Å². The first-order valence-electron chi connectivity index (χ1n) is 4.30. The van der Waals surface area contributed by atoms with Crippen molar-refractivity contribution in [3.63, 3.8) is 0 Å². The van der Waals surface area contributed by atoms with E-state index in [0.29, 0.717) is 0 Å². The Morgan fingerprint density at radius 3 is 2.62 bits per heavy atom. The summed E-state index contributed by atoms with van der Waals surface area (Å²) in [5.41, 5.74) is 7.55. The van der Waals surface area contributed by atoms with Gasteiger partial charge in [0, 0.05) is 7.11 Å². The minimum atomic E-state index is -0.897. The lowest BCUT2D eigenvalue weighted by Crippen LogP contribution is -2.58. The van der Waals surface area contributed by atoms with E-state index in [-0.39, 0.29) is 12.7 Å². The topological polar surface area (TPSA) is 82.7 Å². The molecule has 5 atom stereocenters. The van der Waals surface area contributed by atoms with Crippen LogP contribution in [0.4, 0.5) is 0 Å². The third kappa shape index (κ3) is 2.00. The molecule has 0 aromatic carbocycles. The summed E-state index contributed by atoms with van der Waals surface area (Å²) in [4.78, 5) is 0. The number of aliphatic hydroxyl groups excluding tert-OH is 2. The highest BCUT2D eigenvalue weighted by Gasteiger charge is 2.41. The van der Waals surface area contributed by atoms with E-state index < -0.39 is 24.4 Å². The van der Waals surface area contributed by atoms with Crippen molar-refractivity contribution in [2.24, 2.45) is 0 Å². The quantitative estimate of drug-likeness (QED) is 0.572. The van der Waals surface area contributed by atoms with Crippen LogP contribution in [0.3, 0.4) is 0 Å². The standard InChI is InChI=1S/C8H16NO4/c1-4-6(9)7(11)8(12-2)5(3-10)13-4/h4-11H,3H2,1-2H3. The second-order valence-electron chi connectivity index (χ2n) is 3.28. The number of hydrogen-bond donors (Lipinski definition) is 2. The maximum atomic E-state index is 9.61. The molecule has 0 bridgehead atoms. The lowest BCUT2D eigenvalue weighted by atomic mass is 9.94. The molecule has 1 aliphatic heterocycles. The maximum Gasteiger partial charge on any atom is 0.113 e. The Morgan fingerprint density at radius 1 is 1.54 bits per heavy atom. The van der Waals surface area contributed by atoms with E-state index in [9.17, 15) is 5.11 Å². The van der Waals surface area contributed by atoms with Gasteiger partial charge in [-0.25, -0.2) is 5.73 Å². The molecule has 0 aromatic heterocycles. The second-order valence-corrected chi connectivity index (χ2v) is 3.28. The molecule has 5 unspecified atom stereocenters. The number of hydrogen-bond acceptors (Lipinski definition) is 4. The molecule has 1 heterocycles. The highest BCUT2D eigenvalue weighted by Crippen LogP contribution is 2.21. The van der Waals surface area contributed by atoms with Crippen LogP contribution in [0.1, 0.15) is 6.92 Å². The molecule has 0 aliphatic carbocycles. The van der Waals surface area contributed by atoms with Gasteiger partial charge in [-0.3, -0.25) is 0 Å². The van der Waals surface area contributed by atoms with Crippen molar-refractivity contribution in [3.05, 3.63) is 0 Å². The van der Waals surface area contributed by atoms with Crippen molar-refractivity contribution in [1.82, 2.24) is 5.73 Å². The Bertz CT molecular complexity index is 164. The van der Waals surface area contributed by atoms with Crippen LogP contribution in [0.2, 0.25) is 0 Å². The number of methoxy groups -OCH3 is 1. The normalized spacial score (nSPS) is 46.4. The lowest BCUT2D eigenvalue weighted by molar-refractivity contribution is -0.194. The van der Waals surface area contributed by atoms with E-state index in [4.69, 9.17) is 20.3 Å². The summed E-state index contributed by atoms with van der Waals surface area (Å²) in [5, 5.41) is 18.5. The Balaban J connectivity index is 2.69. The Labute approximate surface area is 77.4 Å². The molecule has 1 fully saturated rings. The van der Waals surface area contributed by atoms with Crippen LogP contribution in [0.5, 0.6) is 0 Å². The predicted octanol–water partition coefficient (Wildman–Crippen LogP) is -1.21. The maximum absolute atomic E-state index is 9.61. The third-order valence-corrected chi connectivity index (χ3v) is 2.42. The molecule has 3 N–H and O–H groups in total. The highest BCUT2D eigenvalue weighted by atomic mass is 16.6. The van der Waals surface area contributed by atoms with Gasteiger partial charge in [0.05, 0.1) is 18.8 Å². The number of ether oxygens (including phenoxy) is 2. The summed E-state index contributed by atoms with van der Waals surface area (Å²) >= 11 is 0. The zero-order valence-corrected chi connectivity index (χ0v) is 7.80. The van der Waals surface area contributed by atoms with Gasteiger partial charge in [0.25, 0.3) is 0 Å². The molecule has 0 aromatic rings. The summed E-state index contributed by atoms with van der Waals surface area (Å²) in [6.07, 6.45) is -2.41. The first kappa shape index (κ1) is 10.9. The molecular weight excluding hydrogens is 174 g/mol. The minimum Gasteiger partial charge on any atom is -0.394 e. The predicted molar refractivity (Wildman–Crippen MR) is 45.1 cm³/mol. The molecule has 77 valence electrons. The molecule has 1 rings (SSSR count). The van der Waals surface area contributed by atoms with Crippen molar-refractivity contribution in [2.45, 2.75) is 37.4 Å². The van der Waals surface area contributed by atoms with Crippen LogP contribution in [0, 0.1) is 0 Å². The summed E-state index contributed by atoms with van der Waals surface area (Å²) in [6.45, 7) is 1.50. The second kappa shape index (κ2) is 4.34. The van der Waals surface area contributed by atoms with Gasteiger partial charge in [0.2, 0.25) is 0 Å². The van der Waals surface area contributed by atoms with Gasteiger partial charge >= 0.3 is 0 Å². The van der Waals surface area contributed by atoms with E-state index in [1.807, 2.05) is 0 Å². The van der Waals surface area contributed by atoms with Crippen molar-refractivity contribution in [3.8, 4) is 0 Å². The van der Waals surface area contributed by atoms with Gasteiger partial charge in [-0.05, 0) is 6.92 Å². The van der Waals surface area contributed by atoms with E-state index in [1.54, 1.807) is 6.92 Å². The molecule has 1 aliphatic rings. The van der Waals surface area contributed by atoms with E-state index in [1.165, 1.54) is 7.11 Å². The van der Waals surface area contributed by atoms with Crippen LogP contribution in [-0.2, 0) is 9.47 Å². The molecule has 13 heavy (non-hydrogen) atoms. The Morgan fingerprint density at radius 2 is 2.15 bits per heavy atom. The van der Waals surface area contributed by atoms with Crippen LogP contribution in [-0.4, -0.2) is 54.4 Å². The summed E-state index contributed by atoms with van der Waals surface area (Å²) in [5.74, 6) is 0. The largest absolute Gasteiger partial charge is 0.394 e. The van der Waals surface area contributed by atoms with Gasteiger partial charge in [-0.1, -0.05) is 0 Å². The molecule has 0 amide bonds. The Hall–Kier alpha value is -0.200. The third-order valence-electron chi connectivity index (χ3n) is 2.42. The van der Waals surface area contributed by atoms with Crippen LogP contribution < -0.4 is 5.73 Å². The smallest absolute Gasteiger partial charge is 0.113 e. The lowest BCUT2D eigenvalue weighted by Gasteiger charge is -2.40. The van der Waals surface area contributed by atoms with Gasteiger partial charge in [0.15, 0.2) is 0 Å². The fourth-order valence-corrected chi connectivity index (χ4v) is 1.58. The molecule has 1 radical (unpaired) electrons. The first-order valence-corrected chi connectivity index (χ1v) is 4.30. The molecule has 1 saturated heterocycles. The summed E-state index contributed by atoms with van der Waals surface area (Å²) in [6, 6.07) is -0.715. The fourth-order valence-electron chi connectivity index (χ4n) is 1.58. The van der Waals surface area contributed by atoms with Crippen molar-refractivity contribution >= 4 is 0 Å². The van der Waals surface area contributed by atoms with Gasteiger partial charge in [-0.15, -0.1) is 0 Å². The van der Waals surface area contributed by atoms with Crippen molar-refractivity contribution in [1.29, 1.82) is 0 Å². The number of aliphatic hydroxyl groups is 2. The average molecular weight is 190 g/mol. The summed E-state index contributed by atoms with van der Waals surface area (Å²) < 4.78 is 10.3.